The summed E-state index contributed by atoms with van der Waals surface area (Å²) >= 11 is 0. The van der Waals surface area contributed by atoms with Gasteiger partial charge < -0.3 is 19.9 Å². The van der Waals surface area contributed by atoms with E-state index in [0.717, 1.165) is 60.4 Å². The van der Waals surface area contributed by atoms with Crippen LogP contribution < -0.4 is 10.2 Å². The first-order valence-corrected chi connectivity index (χ1v) is 14.7. The second kappa shape index (κ2) is 10.9. The highest BCUT2D eigenvalue weighted by Gasteiger charge is 2.28. The number of hydrogen-bond acceptors (Lipinski definition) is 4. The minimum atomic E-state index is -0.878. The van der Waals surface area contributed by atoms with E-state index in [1.54, 1.807) is 12.1 Å². The number of rotatable bonds is 8. The highest BCUT2D eigenvalue weighted by Crippen LogP contribution is 2.41. The Bertz CT molecular complexity index is 1700. The van der Waals surface area contributed by atoms with E-state index in [2.05, 4.69) is 91.2 Å². The van der Waals surface area contributed by atoms with Crippen molar-refractivity contribution in [1.29, 1.82) is 0 Å². The lowest BCUT2D eigenvalue weighted by molar-refractivity contribution is 0.0696. The van der Waals surface area contributed by atoms with Crippen molar-refractivity contribution in [2.75, 3.05) is 17.3 Å². The average Bonchev–Trinajstić information content (AvgIpc) is 3.50. The third kappa shape index (κ3) is 4.92. The molecule has 6 rings (SSSR count). The Balaban J connectivity index is 1.31. The van der Waals surface area contributed by atoms with Crippen molar-refractivity contribution in [3.05, 3.63) is 106 Å². The molecular weight excluding hydrogens is 508 g/mol. The number of para-hydroxylation sites is 2. The van der Waals surface area contributed by atoms with E-state index >= 15 is 0 Å². The number of benzene rings is 3. The van der Waals surface area contributed by atoms with Crippen LogP contribution in [0.3, 0.4) is 0 Å². The number of imidazole rings is 1. The predicted octanol–water partition coefficient (Wildman–Crippen LogP) is 8.00. The molecule has 3 aromatic carbocycles. The van der Waals surface area contributed by atoms with E-state index in [9.17, 15) is 9.90 Å². The molecule has 6 nitrogen and oxygen atoms in total. The second-order valence-corrected chi connectivity index (χ2v) is 11.4. The van der Waals surface area contributed by atoms with Crippen LogP contribution >= 0.6 is 0 Å². The van der Waals surface area contributed by atoms with Crippen LogP contribution in [0.2, 0.25) is 0 Å². The molecule has 1 aliphatic heterocycles. The monoisotopic (exact) mass is 546 g/mol. The van der Waals surface area contributed by atoms with Gasteiger partial charge in [0.2, 0.25) is 0 Å². The first-order valence-electron chi connectivity index (χ1n) is 14.7. The molecule has 6 heteroatoms. The molecular formula is C35H38N4O2. The maximum Gasteiger partial charge on any atom is 0.336 e. The van der Waals surface area contributed by atoms with Crippen molar-refractivity contribution in [1.82, 2.24) is 9.55 Å². The third-order valence-corrected chi connectivity index (χ3v) is 8.68. The molecule has 0 saturated heterocycles. The number of aryl methyl sites for hydroxylation is 3. The first kappa shape index (κ1) is 26.9. The van der Waals surface area contributed by atoms with Gasteiger partial charge in [0.1, 0.15) is 12.0 Å². The summed E-state index contributed by atoms with van der Waals surface area (Å²) in [5, 5.41) is 13.4. The van der Waals surface area contributed by atoms with Crippen LogP contribution in [0.4, 0.5) is 11.4 Å². The molecule has 2 atom stereocenters. The fourth-order valence-electron chi connectivity index (χ4n) is 6.50. The van der Waals surface area contributed by atoms with Gasteiger partial charge in [-0.25, -0.2) is 9.78 Å². The Labute approximate surface area is 242 Å². The minimum Gasteiger partial charge on any atom is -0.478 e. The topological polar surface area (TPSA) is 70.4 Å². The molecule has 4 aromatic rings. The molecule has 0 radical (unpaired) electrons. The number of carboxylic acid groups (broad SMARTS) is 1. The van der Waals surface area contributed by atoms with E-state index in [-0.39, 0.29) is 6.17 Å². The van der Waals surface area contributed by atoms with Gasteiger partial charge in [0, 0.05) is 20.0 Å². The lowest BCUT2D eigenvalue weighted by Gasteiger charge is -2.24. The number of hydrogen-bond donors (Lipinski definition) is 2. The van der Waals surface area contributed by atoms with Crippen LogP contribution in [0.1, 0.15) is 72.1 Å². The first-order chi connectivity index (χ1) is 19.9. The predicted molar refractivity (Wildman–Crippen MR) is 168 cm³/mol. The maximum atomic E-state index is 11.8. The molecule has 41 heavy (non-hydrogen) atoms. The molecule has 1 aromatic heterocycles. The Hall–Kier alpha value is -4.32. The van der Waals surface area contributed by atoms with Crippen molar-refractivity contribution in [3.63, 3.8) is 0 Å². The Morgan fingerprint density at radius 3 is 2.61 bits per heavy atom. The summed E-state index contributed by atoms with van der Waals surface area (Å²) in [7, 11) is 2.15. The summed E-state index contributed by atoms with van der Waals surface area (Å²) in [5.74, 6) is 0.611. The number of nitrogens with zero attached hydrogens (tertiary/aromatic N) is 3. The average molecular weight is 547 g/mol. The molecule has 0 bridgehead atoms. The number of anilines is 2. The summed E-state index contributed by atoms with van der Waals surface area (Å²) in [5.41, 5.74) is 10.8. The Morgan fingerprint density at radius 2 is 1.85 bits per heavy atom. The standard InChI is InChI=1S/C35H38N4O2/c1-5-10-32-37-33-23(3)20-26(34-36-29-13-8-9-14-30(29)38(34)4)21-31(33)39(32)18-17-24-15-16-25(19-22(24)2)27-11-6-7-12-28(27)35(40)41/h6-9,11-16,20-22,34,36H,5,10,17-19H2,1-4H3,(H,40,41). The van der Waals surface area contributed by atoms with Crippen LogP contribution in [0.15, 0.2) is 78.4 Å². The number of nitrogens with one attached hydrogen (secondary N) is 1. The van der Waals surface area contributed by atoms with Crippen molar-refractivity contribution in [3.8, 4) is 0 Å². The smallest absolute Gasteiger partial charge is 0.336 e. The van der Waals surface area contributed by atoms with E-state index < -0.39 is 5.97 Å². The molecule has 0 spiro atoms. The second-order valence-electron chi connectivity index (χ2n) is 11.4. The molecule has 2 unspecified atom stereocenters. The minimum absolute atomic E-state index is 0.0757. The van der Waals surface area contributed by atoms with Gasteiger partial charge in [0.25, 0.3) is 0 Å². The summed E-state index contributed by atoms with van der Waals surface area (Å²) in [6, 6.07) is 20.4. The van der Waals surface area contributed by atoms with Crippen LogP contribution in [0.5, 0.6) is 0 Å². The quantitative estimate of drug-likeness (QED) is 0.234. The summed E-state index contributed by atoms with van der Waals surface area (Å²) in [6.45, 7) is 7.51. The van der Waals surface area contributed by atoms with Crippen molar-refractivity contribution in [2.45, 2.75) is 59.2 Å². The summed E-state index contributed by atoms with van der Waals surface area (Å²) < 4.78 is 2.43. The lowest BCUT2D eigenvalue weighted by Crippen LogP contribution is -2.23. The van der Waals surface area contributed by atoms with Crippen LogP contribution in [0, 0.1) is 12.8 Å². The lowest BCUT2D eigenvalue weighted by atomic mass is 9.83. The maximum absolute atomic E-state index is 11.8. The molecule has 0 amide bonds. The molecule has 2 aliphatic rings. The van der Waals surface area contributed by atoms with Crippen molar-refractivity contribution >= 4 is 34.0 Å². The number of fused-ring (bicyclic) bond motifs is 2. The Kier molecular flexibility index (Phi) is 7.16. The van der Waals surface area contributed by atoms with E-state index in [1.807, 2.05) is 12.1 Å². The van der Waals surface area contributed by atoms with Gasteiger partial charge >= 0.3 is 5.97 Å². The fourth-order valence-corrected chi connectivity index (χ4v) is 6.50. The number of aromatic carboxylic acids is 1. The molecule has 1 aliphatic carbocycles. The van der Waals surface area contributed by atoms with Crippen molar-refractivity contribution in [2.24, 2.45) is 5.92 Å². The van der Waals surface area contributed by atoms with Gasteiger partial charge in [-0.2, -0.15) is 0 Å². The van der Waals surface area contributed by atoms with Gasteiger partial charge in [0.05, 0.1) is 28.0 Å². The van der Waals surface area contributed by atoms with Gasteiger partial charge in [-0.05, 0) is 84.7 Å². The normalized spacial score (nSPS) is 18.2. The third-order valence-electron chi connectivity index (χ3n) is 8.68. The molecule has 210 valence electrons. The Morgan fingerprint density at radius 1 is 1.07 bits per heavy atom. The van der Waals surface area contributed by atoms with Gasteiger partial charge in [-0.15, -0.1) is 0 Å². The molecule has 0 saturated carbocycles. The number of carboxylic acids is 1. The van der Waals surface area contributed by atoms with Gasteiger partial charge in [0.15, 0.2) is 0 Å². The van der Waals surface area contributed by atoms with Crippen LogP contribution in [-0.2, 0) is 13.0 Å². The summed E-state index contributed by atoms with van der Waals surface area (Å²) in [4.78, 5) is 19.2. The zero-order valence-corrected chi connectivity index (χ0v) is 24.3. The van der Waals surface area contributed by atoms with Gasteiger partial charge in [-0.1, -0.05) is 61.9 Å². The van der Waals surface area contributed by atoms with E-state index in [4.69, 9.17) is 4.98 Å². The van der Waals surface area contributed by atoms with Crippen molar-refractivity contribution < 1.29 is 9.90 Å². The zero-order valence-electron chi connectivity index (χ0n) is 24.3. The highest BCUT2D eigenvalue weighted by molar-refractivity contribution is 5.94. The molecule has 0 fully saturated rings. The van der Waals surface area contributed by atoms with Crippen LogP contribution in [0.25, 0.3) is 16.6 Å². The number of carbonyl (C=O) groups is 1. The zero-order chi connectivity index (χ0) is 28.7. The summed E-state index contributed by atoms with van der Waals surface area (Å²) in [6.07, 6.45) is 8.18. The fraction of sp³-hybridized carbons (Fsp3) is 0.314. The number of allylic oxidation sites excluding steroid dienone is 4. The number of aromatic nitrogens is 2. The molecule has 2 N–H and O–H groups in total. The van der Waals surface area contributed by atoms with Crippen LogP contribution in [-0.4, -0.2) is 27.7 Å². The largest absolute Gasteiger partial charge is 0.478 e. The SMILES string of the molecule is CCCc1nc2c(C)cc(C3Nc4ccccc4N3C)cc2n1CCC1=CC=C(c2ccccc2C(=O)O)CC1C. The van der Waals surface area contributed by atoms with E-state index in [1.165, 1.54) is 27.9 Å². The highest BCUT2D eigenvalue weighted by atomic mass is 16.4. The van der Waals surface area contributed by atoms with E-state index in [0.29, 0.717) is 11.5 Å². The van der Waals surface area contributed by atoms with Gasteiger partial charge in [-0.3, -0.25) is 0 Å². The molecule has 2 heterocycles.